The summed E-state index contributed by atoms with van der Waals surface area (Å²) in [7, 11) is -3.45. The number of aryl methyl sites for hydroxylation is 1. The Morgan fingerprint density at radius 1 is 1.18 bits per heavy atom. The van der Waals surface area contributed by atoms with Crippen LogP contribution in [0.15, 0.2) is 53.4 Å². The second-order valence-electron chi connectivity index (χ2n) is 10.1. The van der Waals surface area contributed by atoms with E-state index in [4.69, 9.17) is 14.7 Å². The van der Waals surface area contributed by atoms with Crippen molar-refractivity contribution in [2.75, 3.05) is 36.5 Å². The quantitative estimate of drug-likeness (QED) is 0.293. The molecule has 1 saturated carbocycles. The van der Waals surface area contributed by atoms with Gasteiger partial charge in [0.25, 0.3) is 0 Å². The molecule has 1 aliphatic heterocycles. The monoisotopic (exact) mass is 555 g/mol. The molecule has 2 heterocycles. The van der Waals surface area contributed by atoms with Crippen LogP contribution in [0, 0.1) is 12.7 Å². The number of halogens is 1. The molecule has 1 aliphatic carbocycles. The van der Waals surface area contributed by atoms with Crippen LogP contribution >= 0.6 is 10.6 Å². The van der Waals surface area contributed by atoms with E-state index in [1.807, 2.05) is 25.1 Å². The van der Waals surface area contributed by atoms with Crippen LogP contribution in [0.4, 0.5) is 20.7 Å². The lowest BCUT2D eigenvalue weighted by molar-refractivity contribution is 0.0985. The van der Waals surface area contributed by atoms with Crippen molar-refractivity contribution in [2.24, 2.45) is 0 Å². The first kappa shape index (κ1) is 27.3. The number of nitrogens with zero attached hydrogens (tertiary/aromatic N) is 3. The third-order valence-electron chi connectivity index (χ3n) is 7.29. The maximum Gasteiger partial charge on any atom is 0.319 e. The van der Waals surface area contributed by atoms with E-state index in [-0.39, 0.29) is 17.0 Å². The van der Waals surface area contributed by atoms with Gasteiger partial charge in [-0.15, -0.1) is 0 Å². The van der Waals surface area contributed by atoms with Gasteiger partial charge in [-0.2, -0.15) is 10.6 Å². The molecule has 2 aliphatic rings. The van der Waals surface area contributed by atoms with E-state index >= 15 is 0 Å². The van der Waals surface area contributed by atoms with Crippen LogP contribution in [0.25, 0.3) is 11.4 Å². The summed E-state index contributed by atoms with van der Waals surface area (Å²) >= 11 is 0. The smallest absolute Gasteiger partial charge is 0.319 e. The standard InChI is InChI=1S/C28H34FN5O4S/c1-4-30-27(35)31-22-9-6-20(7-10-22)26-32-24(16-25(33-26)34-13-14-38-17-19(34)3)28(11-12-28)39(36,37)23-15-21(29)8-5-18(23)2/h5-10,15-16,19,36-37H,4,11-14,17H2,1-3H3,(H2,30,31,35)/t19-/m0/s1. The van der Waals surface area contributed by atoms with Crippen LogP contribution in [0.1, 0.15) is 37.9 Å². The van der Waals surface area contributed by atoms with E-state index in [1.165, 1.54) is 12.1 Å². The topological polar surface area (TPSA) is 120 Å². The van der Waals surface area contributed by atoms with E-state index in [1.54, 1.807) is 25.1 Å². The van der Waals surface area contributed by atoms with Crippen molar-refractivity contribution in [3.05, 3.63) is 65.6 Å². The summed E-state index contributed by atoms with van der Waals surface area (Å²) in [5.41, 5.74) is 2.48. The molecule has 2 aromatic carbocycles. The summed E-state index contributed by atoms with van der Waals surface area (Å²) in [5.74, 6) is 0.592. The summed E-state index contributed by atoms with van der Waals surface area (Å²) in [6.07, 6.45) is 1.02. The molecule has 1 saturated heterocycles. The number of nitrogens with one attached hydrogen (secondary N) is 2. The number of carbonyl (C=O) groups excluding carboxylic acids is 1. The number of rotatable bonds is 7. The Morgan fingerprint density at radius 3 is 2.59 bits per heavy atom. The second kappa shape index (κ2) is 10.7. The molecule has 0 bridgehead atoms. The number of hydrogen-bond donors (Lipinski definition) is 4. The molecule has 4 N–H and O–H groups in total. The Hall–Kier alpha value is -3.25. The number of ether oxygens (including phenoxy) is 1. The highest BCUT2D eigenvalue weighted by molar-refractivity contribution is 8.25. The number of aromatic nitrogens is 2. The minimum absolute atomic E-state index is 0.0685. The van der Waals surface area contributed by atoms with Gasteiger partial charge in [-0.25, -0.2) is 19.2 Å². The van der Waals surface area contributed by atoms with E-state index in [0.29, 0.717) is 67.7 Å². The van der Waals surface area contributed by atoms with Crippen LogP contribution in [-0.2, 0) is 9.48 Å². The normalized spacial score (nSPS) is 18.9. The molecule has 39 heavy (non-hydrogen) atoms. The first-order valence-electron chi connectivity index (χ1n) is 13.1. The number of hydrogen-bond acceptors (Lipinski definition) is 7. The zero-order valence-electron chi connectivity index (χ0n) is 22.3. The molecule has 208 valence electrons. The molecule has 0 radical (unpaired) electrons. The van der Waals surface area contributed by atoms with Crippen molar-refractivity contribution in [2.45, 2.75) is 49.3 Å². The third-order valence-corrected chi connectivity index (χ3v) is 10.0. The summed E-state index contributed by atoms with van der Waals surface area (Å²) in [5, 5.41) is 5.47. The van der Waals surface area contributed by atoms with Crippen molar-refractivity contribution in [1.29, 1.82) is 0 Å². The molecule has 0 spiro atoms. The van der Waals surface area contributed by atoms with Crippen molar-refractivity contribution >= 4 is 28.1 Å². The van der Waals surface area contributed by atoms with Crippen LogP contribution < -0.4 is 15.5 Å². The summed E-state index contributed by atoms with van der Waals surface area (Å²) in [6, 6.07) is 12.9. The van der Waals surface area contributed by atoms with Crippen molar-refractivity contribution < 1.29 is 23.0 Å². The molecule has 11 heteroatoms. The fourth-order valence-electron chi connectivity index (χ4n) is 4.94. The van der Waals surface area contributed by atoms with E-state index in [0.717, 1.165) is 5.56 Å². The number of urea groups is 1. The molecular weight excluding hydrogens is 521 g/mol. The summed E-state index contributed by atoms with van der Waals surface area (Å²) < 4.78 is 42.1. The van der Waals surface area contributed by atoms with Crippen LogP contribution in [0.3, 0.4) is 0 Å². The predicted octanol–water partition coefficient (Wildman–Crippen LogP) is 5.76. The third kappa shape index (κ3) is 5.31. The molecule has 0 unspecified atom stereocenters. The number of morpholine rings is 1. The van der Waals surface area contributed by atoms with Gasteiger partial charge >= 0.3 is 6.03 Å². The number of benzene rings is 2. The Balaban J connectivity index is 1.57. The molecule has 1 atom stereocenters. The van der Waals surface area contributed by atoms with Gasteiger partial charge in [0.15, 0.2) is 5.82 Å². The van der Waals surface area contributed by atoms with E-state index < -0.39 is 21.2 Å². The number of amides is 2. The number of carbonyl (C=O) groups is 1. The maximum absolute atomic E-state index is 14.2. The minimum Gasteiger partial charge on any atom is -0.377 e. The number of anilines is 2. The highest BCUT2D eigenvalue weighted by atomic mass is 32.3. The zero-order chi connectivity index (χ0) is 27.8. The predicted molar refractivity (Wildman–Crippen MR) is 151 cm³/mol. The lowest BCUT2D eigenvalue weighted by atomic mass is 10.1. The largest absolute Gasteiger partial charge is 0.377 e. The Bertz CT molecular complexity index is 1370. The Morgan fingerprint density at radius 2 is 1.92 bits per heavy atom. The summed E-state index contributed by atoms with van der Waals surface area (Å²) in [4.78, 5) is 24.0. The average Bonchev–Trinajstić information content (AvgIpc) is 3.74. The zero-order valence-corrected chi connectivity index (χ0v) is 23.1. The lowest BCUT2D eigenvalue weighted by Gasteiger charge is -2.42. The van der Waals surface area contributed by atoms with Crippen LogP contribution in [0.2, 0.25) is 0 Å². The van der Waals surface area contributed by atoms with Gasteiger partial charge < -0.3 is 20.3 Å². The van der Waals surface area contributed by atoms with Gasteiger partial charge in [0.1, 0.15) is 16.4 Å². The van der Waals surface area contributed by atoms with E-state index in [2.05, 4.69) is 22.5 Å². The van der Waals surface area contributed by atoms with Gasteiger partial charge in [0, 0.05) is 30.4 Å². The van der Waals surface area contributed by atoms with Gasteiger partial charge in [0.2, 0.25) is 0 Å². The fraction of sp³-hybridized carbons (Fsp3) is 0.393. The summed E-state index contributed by atoms with van der Waals surface area (Å²) in [6.45, 7) is 7.92. The van der Waals surface area contributed by atoms with Crippen molar-refractivity contribution in [1.82, 2.24) is 15.3 Å². The molecule has 1 aromatic heterocycles. The van der Waals surface area contributed by atoms with Crippen LogP contribution in [0.5, 0.6) is 0 Å². The van der Waals surface area contributed by atoms with Gasteiger partial charge in [-0.3, -0.25) is 9.11 Å². The highest BCUT2D eigenvalue weighted by Crippen LogP contribution is 2.75. The Kier molecular flexibility index (Phi) is 7.51. The van der Waals surface area contributed by atoms with Crippen molar-refractivity contribution in [3.63, 3.8) is 0 Å². The van der Waals surface area contributed by atoms with Crippen LogP contribution in [-0.4, -0.2) is 57.4 Å². The molecule has 2 amide bonds. The molecule has 5 rings (SSSR count). The molecule has 9 nitrogen and oxygen atoms in total. The maximum atomic E-state index is 14.2. The fourth-order valence-corrected chi connectivity index (χ4v) is 7.22. The van der Waals surface area contributed by atoms with Gasteiger partial charge in [-0.1, -0.05) is 6.07 Å². The second-order valence-corrected chi connectivity index (χ2v) is 12.4. The molecule has 3 aromatic rings. The SMILES string of the molecule is CCNC(=O)Nc1ccc(-c2nc(N3CCOC[C@@H]3C)cc(C3(S(O)(O)c4cc(F)ccc4C)CC3)n2)cc1. The molecule has 2 fully saturated rings. The first-order valence-corrected chi connectivity index (χ1v) is 14.6. The van der Waals surface area contributed by atoms with Gasteiger partial charge in [0.05, 0.1) is 29.8 Å². The van der Waals surface area contributed by atoms with E-state index in [9.17, 15) is 18.3 Å². The van der Waals surface area contributed by atoms with Crippen molar-refractivity contribution in [3.8, 4) is 11.4 Å². The minimum atomic E-state index is -3.45. The lowest BCUT2D eigenvalue weighted by Crippen LogP contribution is -2.44. The average molecular weight is 556 g/mol. The van der Waals surface area contributed by atoms with Gasteiger partial charge in [-0.05, 0) is 75.6 Å². The first-order chi connectivity index (χ1) is 18.6. The Labute approximate surface area is 229 Å². The highest BCUT2D eigenvalue weighted by Gasteiger charge is 2.58. The molecular formula is C28H34FN5O4S.